The normalized spacial score (nSPS) is 12.6. The fraction of sp³-hybridized carbons (Fsp3) is 0.231. The number of allylic oxidation sites excluding steroid dienone is 2. The number of rotatable bonds is 7. The third-order valence-electron chi connectivity index (χ3n) is 6.76. The van der Waals surface area contributed by atoms with E-state index in [1.807, 2.05) is 0 Å². The quantitative estimate of drug-likeness (QED) is 0.0857. The van der Waals surface area contributed by atoms with Crippen molar-refractivity contribution in [2.45, 2.75) is 33.5 Å². The van der Waals surface area contributed by atoms with Crippen LogP contribution in [0.1, 0.15) is 27.2 Å². The lowest BCUT2D eigenvalue weighted by molar-refractivity contribution is 0.379. The van der Waals surface area contributed by atoms with Crippen molar-refractivity contribution in [3.63, 3.8) is 0 Å². The average molecular weight is 623 g/mol. The van der Waals surface area contributed by atoms with Gasteiger partial charge in [-0.1, -0.05) is 19.4 Å². The summed E-state index contributed by atoms with van der Waals surface area (Å²) in [6, 6.07) is 0. The van der Waals surface area contributed by atoms with Gasteiger partial charge in [0.2, 0.25) is 0 Å². The van der Waals surface area contributed by atoms with Crippen molar-refractivity contribution in [2.75, 3.05) is 0 Å². The van der Waals surface area contributed by atoms with Gasteiger partial charge < -0.3 is 0 Å². The fourth-order valence-electron chi connectivity index (χ4n) is 5.06. The van der Waals surface area contributed by atoms with Crippen LogP contribution in [0.15, 0.2) is 11.6 Å². The van der Waals surface area contributed by atoms with Crippen LogP contribution < -0.4 is 16.4 Å². The highest BCUT2D eigenvalue weighted by Gasteiger charge is 2.47. The molecule has 0 amide bonds. The van der Waals surface area contributed by atoms with E-state index in [9.17, 15) is 39.5 Å². The van der Waals surface area contributed by atoms with Crippen LogP contribution in [-0.4, -0.2) is 6.15 Å². The summed E-state index contributed by atoms with van der Waals surface area (Å²) in [5, 5.41) is 0. The highest BCUT2D eigenvalue weighted by Crippen LogP contribution is 2.30. The standard InChI is InChI=1S/C26H15BF15/c1-7(2)6-8(3)4-5-27(9-12(28)18(34)24(40)19(35)13(9)29,10-14(30)20(36)25(41)21(37)15(10)31)11-16(32)22(38)26(42)23(39)17(11)33/h4,7H,5-6H2,1-3H3/q-1/b8-4-. The molecular weight excluding hydrogens is 608 g/mol. The van der Waals surface area contributed by atoms with Gasteiger partial charge >= 0.3 is 0 Å². The first-order valence-electron chi connectivity index (χ1n) is 11.7. The molecule has 0 spiro atoms. The Hall–Kier alpha value is -3.59. The lowest BCUT2D eigenvalue weighted by atomic mass is 9.13. The van der Waals surface area contributed by atoms with Gasteiger partial charge in [-0.2, -0.15) is 0 Å². The minimum absolute atomic E-state index is 0.00661. The van der Waals surface area contributed by atoms with Crippen molar-refractivity contribution in [1.29, 1.82) is 0 Å². The molecule has 3 aromatic rings. The van der Waals surface area contributed by atoms with Crippen LogP contribution >= 0.6 is 0 Å². The predicted octanol–water partition coefficient (Wildman–Crippen LogP) is 7.24. The fourth-order valence-corrected chi connectivity index (χ4v) is 5.06. The van der Waals surface area contributed by atoms with Crippen LogP contribution in [0.2, 0.25) is 6.32 Å². The van der Waals surface area contributed by atoms with Gasteiger partial charge in [0.1, 0.15) is 41.0 Å². The molecule has 0 N–H and O–H groups in total. The zero-order valence-electron chi connectivity index (χ0n) is 21.3. The van der Waals surface area contributed by atoms with Gasteiger partial charge in [-0.05, 0) is 19.3 Å². The maximum atomic E-state index is 15.4. The minimum Gasteiger partial charge on any atom is -0.207 e. The van der Waals surface area contributed by atoms with E-state index in [1.54, 1.807) is 13.8 Å². The minimum atomic E-state index is -5.55. The summed E-state index contributed by atoms with van der Waals surface area (Å²) in [7, 11) is 0. The van der Waals surface area contributed by atoms with Crippen LogP contribution in [0.4, 0.5) is 65.9 Å². The Morgan fingerprint density at radius 2 is 0.667 bits per heavy atom. The van der Waals surface area contributed by atoms with Gasteiger partial charge in [0.15, 0.2) is 52.4 Å². The molecule has 0 unspecified atom stereocenters. The predicted molar refractivity (Wildman–Crippen MR) is 121 cm³/mol. The van der Waals surface area contributed by atoms with E-state index in [-0.39, 0.29) is 17.9 Å². The second-order valence-corrected chi connectivity index (χ2v) is 9.88. The van der Waals surface area contributed by atoms with Crippen molar-refractivity contribution in [1.82, 2.24) is 0 Å². The Labute approximate surface area is 227 Å². The number of halogens is 15. The maximum Gasteiger partial charge on any atom is 0.200 e. The molecule has 0 aliphatic rings. The zero-order chi connectivity index (χ0) is 32.2. The van der Waals surface area contributed by atoms with Crippen molar-refractivity contribution < 1.29 is 65.9 Å². The molecule has 0 aliphatic carbocycles. The Bertz CT molecular complexity index is 1370. The second-order valence-electron chi connectivity index (χ2n) is 9.88. The Morgan fingerprint density at radius 3 is 0.881 bits per heavy atom. The highest BCUT2D eigenvalue weighted by atomic mass is 19.2. The summed E-state index contributed by atoms with van der Waals surface area (Å²) >= 11 is 0. The van der Waals surface area contributed by atoms with Gasteiger partial charge in [0.05, 0.1) is 0 Å². The Morgan fingerprint density at radius 1 is 0.452 bits per heavy atom. The number of hydrogen-bond donors (Lipinski definition) is 0. The van der Waals surface area contributed by atoms with E-state index in [0.717, 1.165) is 0 Å². The van der Waals surface area contributed by atoms with Crippen LogP contribution in [-0.2, 0) is 0 Å². The van der Waals surface area contributed by atoms with E-state index in [0.29, 0.717) is 6.08 Å². The molecule has 0 bridgehead atoms. The first-order valence-corrected chi connectivity index (χ1v) is 11.7. The lowest BCUT2D eigenvalue weighted by Gasteiger charge is -2.43. The molecule has 0 heterocycles. The Balaban J connectivity index is 2.86. The summed E-state index contributed by atoms with van der Waals surface area (Å²) in [5.74, 6) is -45.3. The van der Waals surface area contributed by atoms with Crippen molar-refractivity contribution in [3.8, 4) is 0 Å². The summed E-state index contributed by atoms with van der Waals surface area (Å²) in [4.78, 5) is 0. The highest BCUT2D eigenvalue weighted by molar-refractivity contribution is 7.12. The lowest BCUT2D eigenvalue weighted by Crippen LogP contribution is -2.73. The van der Waals surface area contributed by atoms with E-state index < -0.39 is 116 Å². The van der Waals surface area contributed by atoms with Crippen LogP contribution in [0.25, 0.3) is 0 Å². The van der Waals surface area contributed by atoms with Crippen LogP contribution in [0, 0.1) is 93.2 Å². The van der Waals surface area contributed by atoms with Crippen LogP contribution in [0.3, 0.4) is 0 Å². The molecule has 0 aliphatic heterocycles. The van der Waals surface area contributed by atoms with Crippen molar-refractivity contribution in [2.24, 2.45) is 5.92 Å². The Kier molecular flexibility index (Phi) is 9.09. The molecule has 0 aromatic heterocycles. The van der Waals surface area contributed by atoms with E-state index in [4.69, 9.17) is 0 Å². The molecule has 0 atom stereocenters. The van der Waals surface area contributed by atoms with Gasteiger partial charge in [-0.15, -0.1) is 28.8 Å². The molecule has 0 saturated heterocycles. The molecule has 3 rings (SSSR count). The topological polar surface area (TPSA) is 0 Å². The summed E-state index contributed by atoms with van der Waals surface area (Å²) in [6.07, 6.45) is -6.76. The van der Waals surface area contributed by atoms with Gasteiger partial charge in [0, 0.05) is 0 Å². The third-order valence-corrected chi connectivity index (χ3v) is 6.76. The van der Waals surface area contributed by atoms with Gasteiger partial charge in [-0.25, -0.2) is 65.9 Å². The smallest absolute Gasteiger partial charge is 0.200 e. The number of hydrogen-bond acceptors (Lipinski definition) is 0. The van der Waals surface area contributed by atoms with Crippen molar-refractivity contribution in [3.05, 3.63) is 98.9 Å². The van der Waals surface area contributed by atoms with Gasteiger partial charge in [0.25, 0.3) is 0 Å². The molecule has 0 saturated carbocycles. The zero-order valence-corrected chi connectivity index (χ0v) is 21.3. The molecule has 42 heavy (non-hydrogen) atoms. The summed E-state index contributed by atoms with van der Waals surface area (Å²) in [6.45, 7) is 4.30. The molecule has 16 heteroatoms. The third kappa shape index (κ3) is 4.91. The van der Waals surface area contributed by atoms with E-state index >= 15 is 26.3 Å². The SMILES string of the molecule is C/C(=C/C[B-](c1c(F)c(F)c(F)c(F)c1F)(c1c(F)c(F)c(F)c(F)c1F)c1c(F)c(F)c(F)c(F)c1F)CC(C)C. The monoisotopic (exact) mass is 623 g/mol. The molecule has 0 fully saturated rings. The van der Waals surface area contributed by atoms with Crippen molar-refractivity contribution >= 4 is 22.5 Å². The van der Waals surface area contributed by atoms with E-state index in [1.165, 1.54) is 6.92 Å². The molecule has 0 radical (unpaired) electrons. The number of benzene rings is 3. The van der Waals surface area contributed by atoms with Crippen LogP contribution in [0.5, 0.6) is 0 Å². The van der Waals surface area contributed by atoms with Gasteiger partial charge in [-0.3, -0.25) is 0 Å². The average Bonchev–Trinajstić information content (AvgIpc) is 2.93. The molecular formula is C26H15BF15-. The largest absolute Gasteiger partial charge is 0.207 e. The second kappa shape index (κ2) is 11.6. The molecule has 228 valence electrons. The molecule has 3 aromatic carbocycles. The first kappa shape index (κ1) is 32.9. The first-order chi connectivity index (χ1) is 19.3. The maximum absolute atomic E-state index is 15.4. The summed E-state index contributed by atoms with van der Waals surface area (Å²) in [5.41, 5.74) is -7.82. The molecule has 0 nitrogen and oxygen atoms in total. The van der Waals surface area contributed by atoms with E-state index in [2.05, 4.69) is 0 Å². The summed E-state index contributed by atoms with van der Waals surface area (Å²) < 4.78 is 221.